The van der Waals surface area contributed by atoms with Gasteiger partial charge in [0.25, 0.3) is 0 Å². The third kappa shape index (κ3) is 4.14. The van der Waals surface area contributed by atoms with Gasteiger partial charge in [0.05, 0.1) is 22.8 Å². The molecule has 0 aliphatic carbocycles. The minimum absolute atomic E-state index is 0.0243. The molecule has 24 heavy (non-hydrogen) atoms. The topological polar surface area (TPSA) is 70.7 Å². The molecule has 0 spiro atoms. The smallest absolute Gasteiger partial charge is 0.230 e. The molecule has 6 heteroatoms. The van der Waals surface area contributed by atoms with E-state index in [1.54, 1.807) is 18.0 Å². The third-order valence-electron chi connectivity index (χ3n) is 3.71. The number of thioether (sulfide) groups is 1. The number of aromatic amines is 1. The molecule has 0 saturated heterocycles. The van der Waals surface area contributed by atoms with Crippen LogP contribution in [0.1, 0.15) is 30.8 Å². The monoisotopic (exact) mass is 340 g/mol. The van der Waals surface area contributed by atoms with Crippen molar-refractivity contribution in [2.75, 3.05) is 5.75 Å². The summed E-state index contributed by atoms with van der Waals surface area (Å²) in [5.74, 6) is 2.04. The lowest BCUT2D eigenvalue weighted by atomic mass is 10.2. The van der Waals surface area contributed by atoms with Gasteiger partial charge in [-0.25, -0.2) is 4.98 Å². The number of rotatable bonds is 7. The Kier molecular flexibility index (Phi) is 5.48. The van der Waals surface area contributed by atoms with Gasteiger partial charge in [0.2, 0.25) is 5.91 Å². The van der Waals surface area contributed by atoms with Crippen LogP contribution in [0.15, 0.2) is 48.8 Å². The van der Waals surface area contributed by atoms with Crippen molar-refractivity contribution in [3.63, 3.8) is 0 Å². The second kappa shape index (κ2) is 7.97. The van der Waals surface area contributed by atoms with Crippen LogP contribution in [0.4, 0.5) is 0 Å². The first-order valence-corrected chi connectivity index (χ1v) is 9.12. The quantitative estimate of drug-likeness (QED) is 0.691. The van der Waals surface area contributed by atoms with Crippen LogP contribution < -0.4 is 5.32 Å². The number of amides is 1. The number of hydrogen-bond acceptors (Lipinski definition) is 4. The lowest BCUT2D eigenvalue weighted by Gasteiger charge is -2.14. The number of carbonyl (C=O) groups excluding carboxylic acids is 1. The molecule has 0 radical (unpaired) electrons. The molecule has 2 heterocycles. The van der Waals surface area contributed by atoms with E-state index in [2.05, 4.69) is 20.3 Å². The molecule has 0 unspecified atom stereocenters. The van der Waals surface area contributed by atoms with E-state index in [0.29, 0.717) is 5.75 Å². The van der Waals surface area contributed by atoms with E-state index in [1.165, 1.54) is 0 Å². The van der Waals surface area contributed by atoms with Gasteiger partial charge >= 0.3 is 0 Å². The predicted molar refractivity (Wildman–Crippen MR) is 97.7 cm³/mol. The molecule has 5 nitrogen and oxygen atoms in total. The molecule has 1 atom stereocenters. The summed E-state index contributed by atoms with van der Waals surface area (Å²) in [6.07, 6.45) is 4.37. The highest BCUT2D eigenvalue weighted by Gasteiger charge is 2.16. The first-order chi connectivity index (χ1) is 11.8. The van der Waals surface area contributed by atoms with Gasteiger partial charge in [0, 0.05) is 18.1 Å². The highest BCUT2D eigenvalue weighted by atomic mass is 32.2. The Morgan fingerprint density at radius 2 is 2.17 bits per heavy atom. The highest BCUT2D eigenvalue weighted by molar-refractivity contribution is 7.99. The normalized spacial score (nSPS) is 12.2. The average molecular weight is 340 g/mol. The van der Waals surface area contributed by atoms with Crippen molar-refractivity contribution >= 4 is 28.7 Å². The largest absolute Gasteiger partial charge is 0.345 e. The number of fused-ring (bicyclic) bond motifs is 1. The standard InChI is InChI=1S/C18H20N4OS/c1-2-14(18-21-15-7-3-4-8-16(15)22-18)20-17(23)12-24-11-13-6-5-9-19-10-13/h3-10,14H,2,11-12H2,1H3,(H,20,23)(H,21,22)/t14-/m0/s1. The molecule has 3 aromatic rings. The Labute approximate surface area is 145 Å². The molecular formula is C18H20N4OS. The van der Waals surface area contributed by atoms with Gasteiger partial charge in [-0.1, -0.05) is 25.1 Å². The minimum atomic E-state index is -0.0936. The summed E-state index contributed by atoms with van der Waals surface area (Å²) in [6.45, 7) is 2.04. The van der Waals surface area contributed by atoms with Crippen LogP contribution >= 0.6 is 11.8 Å². The summed E-state index contributed by atoms with van der Waals surface area (Å²) in [4.78, 5) is 24.2. The summed E-state index contributed by atoms with van der Waals surface area (Å²) in [5, 5.41) is 3.06. The fourth-order valence-electron chi connectivity index (χ4n) is 2.48. The lowest BCUT2D eigenvalue weighted by molar-refractivity contribution is -0.119. The van der Waals surface area contributed by atoms with Crippen LogP contribution in [0.25, 0.3) is 11.0 Å². The van der Waals surface area contributed by atoms with Crippen molar-refractivity contribution in [3.05, 3.63) is 60.2 Å². The van der Waals surface area contributed by atoms with Gasteiger partial charge in [-0.15, -0.1) is 11.8 Å². The first-order valence-electron chi connectivity index (χ1n) is 7.97. The number of carbonyl (C=O) groups is 1. The molecule has 0 bridgehead atoms. The van der Waals surface area contributed by atoms with Crippen LogP contribution in [-0.2, 0) is 10.5 Å². The fourth-order valence-corrected chi connectivity index (χ4v) is 3.26. The Bertz CT molecular complexity index is 770. The van der Waals surface area contributed by atoms with E-state index in [-0.39, 0.29) is 11.9 Å². The molecule has 1 aromatic carbocycles. The van der Waals surface area contributed by atoms with Crippen molar-refractivity contribution < 1.29 is 4.79 Å². The minimum Gasteiger partial charge on any atom is -0.345 e. The zero-order valence-electron chi connectivity index (χ0n) is 13.5. The van der Waals surface area contributed by atoms with Crippen molar-refractivity contribution in [2.45, 2.75) is 25.1 Å². The summed E-state index contributed by atoms with van der Waals surface area (Å²) in [5.41, 5.74) is 3.04. The van der Waals surface area contributed by atoms with Gasteiger partial charge in [-0.2, -0.15) is 0 Å². The highest BCUT2D eigenvalue weighted by Crippen LogP contribution is 2.18. The third-order valence-corrected chi connectivity index (χ3v) is 4.71. The maximum Gasteiger partial charge on any atom is 0.230 e. The number of nitrogens with one attached hydrogen (secondary N) is 2. The van der Waals surface area contributed by atoms with Crippen LogP contribution in [0, 0.1) is 0 Å². The van der Waals surface area contributed by atoms with E-state index in [0.717, 1.165) is 34.6 Å². The number of H-pyrrole nitrogens is 1. The Morgan fingerprint density at radius 3 is 2.92 bits per heavy atom. The first kappa shape index (κ1) is 16.5. The molecule has 0 fully saturated rings. The Balaban J connectivity index is 1.55. The summed E-state index contributed by atoms with van der Waals surface area (Å²) in [6, 6.07) is 11.7. The molecule has 124 valence electrons. The lowest BCUT2D eigenvalue weighted by Crippen LogP contribution is -2.30. The number of para-hydroxylation sites is 2. The van der Waals surface area contributed by atoms with Crippen molar-refractivity contribution in [1.82, 2.24) is 20.3 Å². The van der Waals surface area contributed by atoms with Gasteiger partial charge < -0.3 is 10.3 Å². The Morgan fingerprint density at radius 1 is 1.29 bits per heavy atom. The maximum atomic E-state index is 12.2. The van der Waals surface area contributed by atoms with Gasteiger partial charge in [-0.3, -0.25) is 9.78 Å². The van der Waals surface area contributed by atoms with Crippen molar-refractivity contribution in [1.29, 1.82) is 0 Å². The van der Waals surface area contributed by atoms with Crippen LogP contribution in [0.2, 0.25) is 0 Å². The number of imidazole rings is 1. The van der Waals surface area contributed by atoms with E-state index >= 15 is 0 Å². The summed E-state index contributed by atoms with van der Waals surface area (Å²) >= 11 is 1.58. The summed E-state index contributed by atoms with van der Waals surface area (Å²) < 4.78 is 0. The predicted octanol–water partition coefficient (Wildman–Crippen LogP) is 3.46. The Hall–Kier alpha value is -2.34. The molecule has 0 aliphatic heterocycles. The second-order valence-corrected chi connectivity index (χ2v) is 6.51. The van der Waals surface area contributed by atoms with Gasteiger partial charge in [-0.05, 0) is 30.2 Å². The number of aromatic nitrogens is 3. The van der Waals surface area contributed by atoms with E-state index in [9.17, 15) is 4.79 Å². The molecular weight excluding hydrogens is 320 g/mol. The molecule has 2 aromatic heterocycles. The number of pyridine rings is 1. The van der Waals surface area contributed by atoms with Crippen LogP contribution in [0.5, 0.6) is 0 Å². The zero-order chi connectivity index (χ0) is 16.8. The zero-order valence-corrected chi connectivity index (χ0v) is 14.3. The molecule has 0 aliphatic rings. The average Bonchev–Trinajstić information content (AvgIpc) is 3.04. The van der Waals surface area contributed by atoms with Gasteiger partial charge in [0.1, 0.15) is 5.82 Å². The number of nitrogens with zero attached hydrogens (tertiary/aromatic N) is 2. The number of hydrogen-bond donors (Lipinski definition) is 2. The maximum absolute atomic E-state index is 12.2. The second-order valence-electron chi connectivity index (χ2n) is 5.52. The van der Waals surface area contributed by atoms with Crippen molar-refractivity contribution in [3.8, 4) is 0 Å². The van der Waals surface area contributed by atoms with Crippen LogP contribution in [0.3, 0.4) is 0 Å². The summed E-state index contributed by atoms with van der Waals surface area (Å²) in [7, 11) is 0. The van der Waals surface area contributed by atoms with E-state index in [1.807, 2.05) is 49.5 Å². The van der Waals surface area contributed by atoms with E-state index in [4.69, 9.17) is 0 Å². The molecule has 0 saturated carbocycles. The van der Waals surface area contributed by atoms with E-state index < -0.39 is 0 Å². The van der Waals surface area contributed by atoms with Gasteiger partial charge in [0.15, 0.2) is 0 Å². The number of benzene rings is 1. The van der Waals surface area contributed by atoms with Crippen LogP contribution in [-0.4, -0.2) is 26.6 Å². The fraction of sp³-hybridized carbons (Fsp3) is 0.278. The molecule has 2 N–H and O–H groups in total. The van der Waals surface area contributed by atoms with Crippen molar-refractivity contribution in [2.24, 2.45) is 0 Å². The SMILES string of the molecule is CC[C@H](NC(=O)CSCc1cccnc1)c1nc2ccccc2[nH]1. The molecule has 3 rings (SSSR count). The molecule has 1 amide bonds.